The Hall–Kier alpha value is -1.72. The Balaban J connectivity index is 1.78. The summed E-state index contributed by atoms with van der Waals surface area (Å²) in [5.41, 5.74) is 7.06. The summed E-state index contributed by atoms with van der Waals surface area (Å²) in [6.45, 7) is 11.2. The minimum absolute atomic E-state index is 0.153. The third-order valence-corrected chi connectivity index (χ3v) is 5.98. The molecule has 0 saturated carbocycles. The zero-order valence-corrected chi connectivity index (χ0v) is 17.1. The topological polar surface area (TPSA) is 57.1 Å². The van der Waals surface area contributed by atoms with Crippen molar-refractivity contribution in [3.63, 3.8) is 0 Å². The van der Waals surface area contributed by atoms with E-state index in [0.717, 1.165) is 36.8 Å². The molecule has 2 aliphatic rings. The van der Waals surface area contributed by atoms with Crippen molar-refractivity contribution in [1.29, 1.82) is 0 Å². The quantitative estimate of drug-likeness (QED) is 0.422. The SMILES string of the molecule is CCON=CCCC1OCC2c3c(C)c(C)c(C)c(C(C)=O)c3CCC2O1. The Labute approximate surface area is 162 Å². The van der Waals surface area contributed by atoms with Gasteiger partial charge in [0.1, 0.15) is 6.61 Å². The van der Waals surface area contributed by atoms with Crippen LogP contribution < -0.4 is 0 Å². The van der Waals surface area contributed by atoms with Gasteiger partial charge in [0.15, 0.2) is 12.1 Å². The smallest absolute Gasteiger partial charge is 0.160 e. The van der Waals surface area contributed by atoms with Gasteiger partial charge in [0, 0.05) is 24.1 Å². The van der Waals surface area contributed by atoms with Crippen LogP contribution in [-0.2, 0) is 20.7 Å². The van der Waals surface area contributed by atoms with Crippen LogP contribution in [0.3, 0.4) is 0 Å². The summed E-state index contributed by atoms with van der Waals surface area (Å²) in [4.78, 5) is 17.3. The molecule has 0 N–H and O–H groups in total. The number of benzene rings is 1. The second kappa shape index (κ2) is 8.53. The van der Waals surface area contributed by atoms with Crippen LogP contribution in [0.1, 0.15) is 77.2 Å². The molecule has 0 spiro atoms. The van der Waals surface area contributed by atoms with Gasteiger partial charge < -0.3 is 14.3 Å². The van der Waals surface area contributed by atoms with E-state index in [-0.39, 0.29) is 24.1 Å². The monoisotopic (exact) mass is 373 g/mol. The van der Waals surface area contributed by atoms with Crippen molar-refractivity contribution < 1.29 is 19.1 Å². The molecule has 3 unspecified atom stereocenters. The van der Waals surface area contributed by atoms with Gasteiger partial charge in [-0.15, -0.1) is 0 Å². The molecule has 27 heavy (non-hydrogen) atoms. The van der Waals surface area contributed by atoms with Gasteiger partial charge in [-0.2, -0.15) is 0 Å². The Morgan fingerprint density at radius 1 is 1.26 bits per heavy atom. The van der Waals surface area contributed by atoms with E-state index < -0.39 is 0 Å². The zero-order valence-electron chi connectivity index (χ0n) is 17.1. The van der Waals surface area contributed by atoms with Crippen LogP contribution in [0.4, 0.5) is 0 Å². The zero-order chi connectivity index (χ0) is 19.6. The van der Waals surface area contributed by atoms with Crippen LogP contribution in [0, 0.1) is 20.8 Å². The summed E-state index contributed by atoms with van der Waals surface area (Å²) in [7, 11) is 0. The van der Waals surface area contributed by atoms with E-state index in [2.05, 4.69) is 25.9 Å². The van der Waals surface area contributed by atoms with E-state index >= 15 is 0 Å². The Morgan fingerprint density at radius 3 is 2.74 bits per heavy atom. The molecule has 3 rings (SSSR count). The van der Waals surface area contributed by atoms with E-state index in [1.54, 1.807) is 13.1 Å². The van der Waals surface area contributed by atoms with Gasteiger partial charge in [-0.25, -0.2) is 0 Å². The number of nitrogens with zero attached hydrogens (tertiary/aromatic N) is 1. The highest BCUT2D eigenvalue weighted by molar-refractivity contribution is 5.98. The van der Waals surface area contributed by atoms with Crippen molar-refractivity contribution >= 4 is 12.0 Å². The van der Waals surface area contributed by atoms with Gasteiger partial charge in [-0.3, -0.25) is 4.79 Å². The molecular formula is C22H31NO4. The average molecular weight is 373 g/mol. The molecule has 1 aromatic carbocycles. The van der Waals surface area contributed by atoms with Crippen molar-refractivity contribution in [1.82, 2.24) is 0 Å². The van der Waals surface area contributed by atoms with E-state index in [9.17, 15) is 4.79 Å². The van der Waals surface area contributed by atoms with E-state index in [1.807, 2.05) is 6.92 Å². The number of oxime groups is 1. The first kappa shape index (κ1) is 20.0. The predicted octanol–water partition coefficient (Wildman–Crippen LogP) is 4.39. The third kappa shape index (κ3) is 3.94. The summed E-state index contributed by atoms with van der Waals surface area (Å²) in [6.07, 6.45) is 5.11. The predicted molar refractivity (Wildman–Crippen MR) is 106 cm³/mol. The van der Waals surface area contributed by atoms with Crippen molar-refractivity contribution in [3.8, 4) is 0 Å². The molecule has 5 heteroatoms. The molecule has 0 aromatic heterocycles. The normalized spacial score (nSPS) is 24.6. The average Bonchev–Trinajstić information content (AvgIpc) is 2.65. The number of carbonyl (C=O) groups is 1. The van der Waals surface area contributed by atoms with Gasteiger partial charge in [0.25, 0.3) is 0 Å². The fourth-order valence-corrected chi connectivity index (χ4v) is 4.51. The summed E-state index contributed by atoms with van der Waals surface area (Å²) in [5.74, 6) is 0.369. The second-order valence-electron chi connectivity index (χ2n) is 7.56. The molecule has 1 aliphatic heterocycles. The van der Waals surface area contributed by atoms with Crippen LogP contribution >= 0.6 is 0 Å². The Kier molecular flexibility index (Phi) is 6.33. The van der Waals surface area contributed by atoms with Crippen LogP contribution in [0.2, 0.25) is 0 Å². The maximum absolute atomic E-state index is 12.3. The van der Waals surface area contributed by atoms with Crippen molar-refractivity contribution in [2.75, 3.05) is 13.2 Å². The number of rotatable bonds is 6. The Morgan fingerprint density at radius 2 is 2.04 bits per heavy atom. The lowest BCUT2D eigenvalue weighted by atomic mass is 9.73. The summed E-state index contributed by atoms with van der Waals surface area (Å²) >= 11 is 0. The lowest BCUT2D eigenvalue weighted by Crippen LogP contribution is -2.42. The minimum Gasteiger partial charge on any atom is -0.396 e. The molecular weight excluding hydrogens is 342 g/mol. The fraction of sp³-hybridized carbons (Fsp3) is 0.636. The first-order valence-corrected chi connectivity index (χ1v) is 10.00. The number of fused-ring (bicyclic) bond motifs is 3. The number of ketones is 1. The van der Waals surface area contributed by atoms with Gasteiger partial charge in [-0.1, -0.05) is 5.16 Å². The molecule has 0 bridgehead atoms. The molecule has 1 heterocycles. The molecule has 1 saturated heterocycles. The lowest BCUT2D eigenvalue weighted by molar-refractivity contribution is -0.226. The van der Waals surface area contributed by atoms with Gasteiger partial charge in [0.05, 0.1) is 12.7 Å². The molecule has 5 nitrogen and oxygen atoms in total. The van der Waals surface area contributed by atoms with E-state index in [4.69, 9.17) is 14.3 Å². The van der Waals surface area contributed by atoms with Crippen LogP contribution in [0.15, 0.2) is 5.16 Å². The van der Waals surface area contributed by atoms with Gasteiger partial charge in [-0.05, 0) is 81.7 Å². The molecule has 0 amide bonds. The second-order valence-corrected chi connectivity index (χ2v) is 7.56. The summed E-state index contributed by atoms with van der Waals surface area (Å²) in [5, 5.41) is 3.87. The minimum atomic E-state index is -0.194. The molecule has 1 aliphatic carbocycles. The first-order valence-electron chi connectivity index (χ1n) is 10.00. The number of hydrogen-bond acceptors (Lipinski definition) is 5. The van der Waals surface area contributed by atoms with E-state index in [1.165, 1.54) is 22.3 Å². The molecule has 148 valence electrons. The third-order valence-electron chi connectivity index (χ3n) is 5.98. The van der Waals surface area contributed by atoms with Crippen molar-refractivity contribution in [3.05, 3.63) is 33.4 Å². The molecule has 1 fully saturated rings. The van der Waals surface area contributed by atoms with Crippen molar-refractivity contribution in [2.24, 2.45) is 5.16 Å². The molecule has 3 atom stereocenters. The van der Waals surface area contributed by atoms with Gasteiger partial charge in [0.2, 0.25) is 0 Å². The van der Waals surface area contributed by atoms with E-state index in [0.29, 0.717) is 13.2 Å². The highest BCUT2D eigenvalue weighted by Crippen LogP contribution is 2.43. The first-order chi connectivity index (χ1) is 13.0. The summed E-state index contributed by atoms with van der Waals surface area (Å²) < 4.78 is 12.3. The fourth-order valence-electron chi connectivity index (χ4n) is 4.51. The highest BCUT2D eigenvalue weighted by atomic mass is 16.7. The maximum Gasteiger partial charge on any atom is 0.160 e. The number of hydrogen-bond donors (Lipinski definition) is 0. The number of carbonyl (C=O) groups excluding carboxylic acids is 1. The number of ether oxygens (including phenoxy) is 2. The van der Waals surface area contributed by atoms with Crippen LogP contribution in [0.5, 0.6) is 0 Å². The highest BCUT2D eigenvalue weighted by Gasteiger charge is 2.39. The maximum atomic E-state index is 12.3. The van der Waals surface area contributed by atoms with Crippen molar-refractivity contribution in [2.45, 2.75) is 78.6 Å². The molecule has 0 radical (unpaired) electrons. The molecule has 1 aromatic rings. The standard InChI is InChI=1S/C22H31NO4/c1-6-26-23-11-7-8-20-25-12-18-19(27-20)10-9-17-21(16(5)24)14(3)13(2)15(4)22(17)18/h11,18-20H,6-10,12H2,1-5H3. The van der Waals surface area contributed by atoms with Gasteiger partial charge >= 0.3 is 0 Å². The Bertz CT molecular complexity index is 741. The van der Waals surface area contributed by atoms with Crippen LogP contribution in [0.25, 0.3) is 0 Å². The van der Waals surface area contributed by atoms with Crippen LogP contribution in [-0.4, -0.2) is 37.6 Å². The lowest BCUT2D eigenvalue weighted by Gasteiger charge is -2.42. The number of Topliss-reactive ketones (excluding diaryl/α,β-unsaturated/α-hetero) is 1. The largest absolute Gasteiger partial charge is 0.396 e. The summed E-state index contributed by atoms with van der Waals surface area (Å²) in [6, 6.07) is 0.